The minimum Gasteiger partial charge on any atom is -0.387 e. The molecule has 2 heterocycles. The van der Waals surface area contributed by atoms with Gasteiger partial charge in [-0.15, -0.1) is 0 Å². The molecule has 4 rings (SSSR count). The zero-order valence-electron chi connectivity index (χ0n) is 17.7. The maximum absolute atomic E-state index is 10.5. The van der Waals surface area contributed by atoms with Crippen molar-refractivity contribution in [3.63, 3.8) is 0 Å². The Bertz CT molecular complexity index is 889. The van der Waals surface area contributed by atoms with Crippen LogP contribution in [0.15, 0.2) is 71.3 Å². The van der Waals surface area contributed by atoms with Crippen LogP contribution < -0.4 is 0 Å². The van der Waals surface area contributed by atoms with E-state index in [1.807, 2.05) is 66.7 Å². The third-order valence-corrected chi connectivity index (χ3v) is 5.95. The first-order valence-corrected chi connectivity index (χ1v) is 10.8. The van der Waals surface area contributed by atoms with Crippen molar-refractivity contribution in [3.05, 3.63) is 78.1 Å². The molecule has 1 saturated heterocycles. The summed E-state index contributed by atoms with van der Waals surface area (Å²) in [6.07, 6.45) is 1.92. The molecule has 1 aromatic heterocycles. The normalized spacial score (nSPS) is 16.8. The number of aliphatic hydroxyl groups is 1. The van der Waals surface area contributed by atoms with Gasteiger partial charge in [-0.3, -0.25) is 4.90 Å². The summed E-state index contributed by atoms with van der Waals surface area (Å²) in [7, 11) is 2.15. The summed E-state index contributed by atoms with van der Waals surface area (Å²) in [6, 6.07) is 22.1. The van der Waals surface area contributed by atoms with Gasteiger partial charge >= 0.3 is 0 Å². The molecular formula is C25H31N3O2. The van der Waals surface area contributed by atoms with Gasteiger partial charge in [0, 0.05) is 24.7 Å². The summed E-state index contributed by atoms with van der Waals surface area (Å²) < 4.78 is 5.55. The molecule has 2 aromatic carbocycles. The van der Waals surface area contributed by atoms with Crippen LogP contribution in [0.25, 0.3) is 11.3 Å². The molecule has 0 spiro atoms. The number of nitrogens with zero attached hydrogens (tertiary/aromatic N) is 3. The Hall–Kier alpha value is -2.47. The van der Waals surface area contributed by atoms with E-state index in [0.29, 0.717) is 12.5 Å². The van der Waals surface area contributed by atoms with Crippen molar-refractivity contribution in [1.29, 1.82) is 0 Å². The minimum absolute atomic E-state index is 0.407. The lowest BCUT2D eigenvalue weighted by atomic mass is 9.95. The summed E-state index contributed by atoms with van der Waals surface area (Å²) in [5, 5.41) is 14.7. The van der Waals surface area contributed by atoms with Crippen LogP contribution in [0.5, 0.6) is 0 Å². The number of piperidine rings is 1. The van der Waals surface area contributed by atoms with Crippen LogP contribution in [0.1, 0.15) is 30.3 Å². The Balaban J connectivity index is 1.21. The molecule has 1 unspecified atom stereocenters. The zero-order valence-corrected chi connectivity index (χ0v) is 17.7. The molecule has 5 nitrogen and oxygen atoms in total. The van der Waals surface area contributed by atoms with Gasteiger partial charge in [0.15, 0.2) is 5.76 Å². The van der Waals surface area contributed by atoms with E-state index < -0.39 is 6.10 Å². The molecule has 1 aliphatic heterocycles. The molecule has 158 valence electrons. The lowest BCUT2D eigenvalue weighted by Crippen LogP contribution is -2.39. The molecule has 0 radical (unpaired) electrons. The monoisotopic (exact) mass is 405 g/mol. The maximum Gasteiger partial charge on any atom is 0.151 e. The Kier molecular flexibility index (Phi) is 6.95. The summed E-state index contributed by atoms with van der Waals surface area (Å²) >= 11 is 0. The first-order valence-electron chi connectivity index (χ1n) is 10.8. The van der Waals surface area contributed by atoms with E-state index in [2.05, 4.69) is 22.0 Å². The maximum atomic E-state index is 10.5. The van der Waals surface area contributed by atoms with E-state index >= 15 is 0 Å². The largest absolute Gasteiger partial charge is 0.387 e. The first kappa shape index (κ1) is 20.8. The van der Waals surface area contributed by atoms with E-state index in [1.54, 1.807) is 0 Å². The van der Waals surface area contributed by atoms with Crippen molar-refractivity contribution in [2.45, 2.75) is 25.5 Å². The number of hydrogen-bond donors (Lipinski definition) is 1. The van der Waals surface area contributed by atoms with E-state index in [-0.39, 0.29) is 0 Å². The first-order chi connectivity index (χ1) is 14.7. The quantitative estimate of drug-likeness (QED) is 0.608. The fraction of sp³-hybridized carbons (Fsp3) is 0.400. The van der Waals surface area contributed by atoms with E-state index in [9.17, 15) is 5.11 Å². The van der Waals surface area contributed by atoms with Crippen molar-refractivity contribution >= 4 is 0 Å². The van der Waals surface area contributed by atoms with E-state index in [4.69, 9.17) is 4.52 Å². The van der Waals surface area contributed by atoms with Crippen LogP contribution in [0.3, 0.4) is 0 Å². The average molecular weight is 406 g/mol. The average Bonchev–Trinajstić information content (AvgIpc) is 3.24. The van der Waals surface area contributed by atoms with Gasteiger partial charge in [0.25, 0.3) is 0 Å². The van der Waals surface area contributed by atoms with Crippen LogP contribution in [0.2, 0.25) is 0 Å². The topological polar surface area (TPSA) is 52.7 Å². The van der Waals surface area contributed by atoms with Gasteiger partial charge in [0.2, 0.25) is 0 Å². The molecule has 5 heteroatoms. The highest BCUT2D eigenvalue weighted by molar-refractivity contribution is 5.58. The van der Waals surface area contributed by atoms with Gasteiger partial charge in [0.1, 0.15) is 5.69 Å². The van der Waals surface area contributed by atoms with Crippen molar-refractivity contribution < 1.29 is 9.63 Å². The summed E-state index contributed by atoms with van der Waals surface area (Å²) in [6.45, 7) is 4.63. The molecule has 1 atom stereocenters. The number of likely N-dealkylation sites (tertiary alicyclic amines) is 1. The van der Waals surface area contributed by atoms with E-state index in [0.717, 1.165) is 61.6 Å². The Morgan fingerprint density at radius 2 is 1.73 bits per heavy atom. The van der Waals surface area contributed by atoms with Gasteiger partial charge in [-0.25, -0.2) is 0 Å². The molecule has 1 aliphatic rings. The predicted octanol–water partition coefficient (Wildman–Crippen LogP) is 4.22. The summed E-state index contributed by atoms with van der Waals surface area (Å²) in [5.41, 5.74) is 2.98. The van der Waals surface area contributed by atoms with Crippen molar-refractivity contribution in [3.8, 4) is 11.3 Å². The minimum atomic E-state index is -0.407. The summed E-state index contributed by atoms with van der Waals surface area (Å²) in [4.78, 5) is 4.71. The molecule has 0 saturated carbocycles. The van der Waals surface area contributed by atoms with Crippen molar-refractivity contribution in [2.24, 2.45) is 5.92 Å². The van der Waals surface area contributed by atoms with Crippen LogP contribution in [-0.4, -0.2) is 53.3 Å². The molecule has 3 aromatic rings. The smallest absolute Gasteiger partial charge is 0.151 e. The number of aromatic nitrogens is 1. The Labute approximate surface area is 178 Å². The third kappa shape index (κ3) is 5.57. The predicted molar refractivity (Wildman–Crippen MR) is 119 cm³/mol. The van der Waals surface area contributed by atoms with Gasteiger partial charge < -0.3 is 14.5 Å². The number of hydrogen-bond acceptors (Lipinski definition) is 5. The number of benzene rings is 2. The summed E-state index contributed by atoms with van der Waals surface area (Å²) in [5.74, 6) is 1.58. The van der Waals surface area contributed by atoms with Crippen LogP contribution in [0, 0.1) is 5.92 Å². The molecule has 0 bridgehead atoms. The molecule has 1 N–H and O–H groups in total. The lowest BCUT2D eigenvalue weighted by molar-refractivity contribution is 0.0818. The molecule has 30 heavy (non-hydrogen) atoms. The SMILES string of the molecule is CN(Cc1cc(-c2ccccc2)no1)CC1CCN(CC(O)c2ccccc2)CC1. The number of β-amino-alcohol motifs (C(OH)–C–C–N with tert-alkyl or cyclic N) is 1. The van der Waals surface area contributed by atoms with Gasteiger partial charge in [-0.1, -0.05) is 65.8 Å². The van der Waals surface area contributed by atoms with Gasteiger partial charge in [-0.2, -0.15) is 0 Å². The van der Waals surface area contributed by atoms with Crippen molar-refractivity contribution in [2.75, 3.05) is 33.2 Å². The lowest BCUT2D eigenvalue weighted by Gasteiger charge is -2.34. The third-order valence-electron chi connectivity index (χ3n) is 5.95. The fourth-order valence-electron chi connectivity index (χ4n) is 4.28. The van der Waals surface area contributed by atoms with Crippen LogP contribution >= 0.6 is 0 Å². The van der Waals surface area contributed by atoms with Crippen LogP contribution in [-0.2, 0) is 6.54 Å². The molecule has 0 amide bonds. The van der Waals surface area contributed by atoms with Gasteiger partial charge in [-0.05, 0) is 44.5 Å². The standard InChI is InChI=1S/C25H31N3O2/c1-27(18-23-16-24(26-30-23)21-8-4-2-5-9-21)17-20-12-14-28(15-13-20)19-25(29)22-10-6-3-7-11-22/h2-11,16,20,25,29H,12-15,17-19H2,1H3. The Morgan fingerprint density at radius 1 is 1.07 bits per heavy atom. The molecule has 0 aliphatic carbocycles. The number of aliphatic hydroxyl groups excluding tert-OH is 1. The van der Waals surface area contributed by atoms with Gasteiger partial charge in [0.05, 0.1) is 12.6 Å². The Morgan fingerprint density at radius 3 is 2.43 bits per heavy atom. The second kappa shape index (κ2) is 10.0. The second-order valence-corrected chi connectivity index (χ2v) is 8.41. The second-order valence-electron chi connectivity index (χ2n) is 8.41. The van der Waals surface area contributed by atoms with Crippen molar-refractivity contribution in [1.82, 2.24) is 15.0 Å². The zero-order chi connectivity index (χ0) is 20.8. The van der Waals surface area contributed by atoms with Crippen LogP contribution in [0.4, 0.5) is 0 Å². The van der Waals surface area contributed by atoms with E-state index in [1.165, 1.54) is 0 Å². The highest BCUT2D eigenvalue weighted by atomic mass is 16.5. The molecule has 1 fully saturated rings. The number of rotatable bonds is 8. The fourth-order valence-corrected chi connectivity index (χ4v) is 4.28. The molecular weight excluding hydrogens is 374 g/mol. The highest BCUT2D eigenvalue weighted by Gasteiger charge is 2.23. The highest BCUT2D eigenvalue weighted by Crippen LogP contribution is 2.23.